The molecule has 1 rings (SSSR count). The molecule has 26 heavy (non-hydrogen) atoms. The molecule has 0 aliphatic rings. The molecule has 0 amide bonds. The lowest BCUT2D eigenvalue weighted by atomic mass is 9.96. The summed E-state index contributed by atoms with van der Waals surface area (Å²) >= 11 is 0. The van der Waals surface area contributed by atoms with Gasteiger partial charge in [-0.15, -0.1) is 0 Å². The molecule has 0 spiro atoms. The van der Waals surface area contributed by atoms with Crippen LogP contribution in [0.1, 0.15) is 76.1 Å². The number of benzene rings is 1. The van der Waals surface area contributed by atoms with Crippen molar-refractivity contribution in [3.05, 3.63) is 35.4 Å². The van der Waals surface area contributed by atoms with Crippen molar-refractivity contribution in [1.29, 1.82) is 0 Å². The summed E-state index contributed by atoms with van der Waals surface area (Å²) in [7, 11) is 0. The van der Waals surface area contributed by atoms with Crippen LogP contribution in [0.2, 0.25) is 0 Å². The van der Waals surface area contributed by atoms with Crippen LogP contribution in [0.4, 0.5) is 0 Å². The molecule has 0 atom stereocenters. The van der Waals surface area contributed by atoms with Crippen molar-refractivity contribution in [3.63, 3.8) is 0 Å². The summed E-state index contributed by atoms with van der Waals surface area (Å²) in [6.45, 7) is 16.3. The van der Waals surface area contributed by atoms with E-state index in [0.717, 1.165) is 0 Å². The molecule has 0 radical (unpaired) electrons. The van der Waals surface area contributed by atoms with E-state index in [1.807, 2.05) is 55.4 Å². The van der Waals surface area contributed by atoms with E-state index < -0.39 is 11.9 Å². The summed E-state index contributed by atoms with van der Waals surface area (Å²) in [6, 6.07) is 6.57. The van der Waals surface area contributed by atoms with Crippen molar-refractivity contribution in [2.45, 2.75) is 67.6 Å². The minimum Gasteiger partial charge on any atom is -0.458 e. The lowest BCUT2D eigenvalue weighted by Gasteiger charge is -2.25. The Kier molecular flexibility index (Phi) is 8.32. The van der Waals surface area contributed by atoms with Gasteiger partial charge in [0.15, 0.2) is 0 Å². The van der Waals surface area contributed by atoms with Gasteiger partial charge in [-0.05, 0) is 41.9 Å². The minimum atomic E-state index is -0.406. The van der Waals surface area contributed by atoms with E-state index in [0.29, 0.717) is 11.1 Å². The number of ether oxygens (including phenoxy) is 2. The minimum absolute atomic E-state index is 0.163. The Morgan fingerprint density at radius 2 is 0.962 bits per heavy atom. The first-order valence-corrected chi connectivity index (χ1v) is 9.56. The van der Waals surface area contributed by atoms with E-state index in [1.165, 1.54) is 0 Å². The van der Waals surface area contributed by atoms with Gasteiger partial charge in [0.1, 0.15) is 12.2 Å². The summed E-state index contributed by atoms with van der Waals surface area (Å²) in [5.41, 5.74) is 0.743. The standard InChI is InChI=1S/C22H34O4/c1-13(2)19(14(3)4)25-21(23)17-10-9-11-18(12-17)22(24)26-20(15(5)6)16(7)8/h9-16,19-20H,1-8H3. The Labute approximate surface area is 158 Å². The van der Waals surface area contributed by atoms with Gasteiger partial charge < -0.3 is 9.47 Å². The molecule has 0 heterocycles. The second kappa shape index (κ2) is 9.75. The number of carbonyl (C=O) groups is 2. The van der Waals surface area contributed by atoms with Gasteiger partial charge in [-0.3, -0.25) is 0 Å². The number of carbonyl (C=O) groups excluding carboxylic acids is 2. The van der Waals surface area contributed by atoms with Crippen LogP contribution in [0.3, 0.4) is 0 Å². The summed E-state index contributed by atoms with van der Waals surface area (Å²) < 4.78 is 11.3. The molecule has 0 aliphatic heterocycles. The van der Waals surface area contributed by atoms with E-state index in [9.17, 15) is 9.59 Å². The van der Waals surface area contributed by atoms with Crippen molar-refractivity contribution in [1.82, 2.24) is 0 Å². The van der Waals surface area contributed by atoms with Gasteiger partial charge in [-0.2, -0.15) is 0 Å². The Morgan fingerprint density at radius 3 is 1.23 bits per heavy atom. The van der Waals surface area contributed by atoms with Gasteiger partial charge in [0.25, 0.3) is 0 Å². The third-order valence-electron chi connectivity index (χ3n) is 4.45. The van der Waals surface area contributed by atoms with Gasteiger partial charge >= 0.3 is 11.9 Å². The fourth-order valence-electron chi connectivity index (χ4n) is 3.24. The van der Waals surface area contributed by atoms with Crippen molar-refractivity contribution >= 4 is 11.9 Å². The Morgan fingerprint density at radius 1 is 0.654 bits per heavy atom. The summed E-state index contributed by atoms with van der Waals surface area (Å²) in [4.78, 5) is 25.0. The molecule has 1 aromatic carbocycles. The van der Waals surface area contributed by atoms with Crippen LogP contribution < -0.4 is 0 Å². The molecule has 4 nitrogen and oxygen atoms in total. The lowest BCUT2D eigenvalue weighted by Crippen LogP contribution is -2.29. The molecule has 0 bridgehead atoms. The molecule has 0 aromatic heterocycles. The van der Waals surface area contributed by atoms with E-state index in [-0.39, 0.29) is 35.9 Å². The first-order chi connectivity index (χ1) is 12.0. The fourth-order valence-corrected chi connectivity index (χ4v) is 3.24. The maximum Gasteiger partial charge on any atom is 0.338 e. The van der Waals surface area contributed by atoms with E-state index in [2.05, 4.69) is 0 Å². The topological polar surface area (TPSA) is 52.6 Å². The molecule has 1 aromatic rings. The zero-order chi connectivity index (χ0) is 20.0. The normalized spacial score (nSPS) is 11.9. The Bertz CT molecular complexity index is 537. The first-order valence-electron chi connectivity index (χ1n) is 9.56. The maximum absolute atomic E-state index is 12.5. The van der Waals surface area contributed by atoms with Crippen molar-refractivity contribution in [3.8, 4) is 0 Å². The van der Waals surface area contributed by atoms with Crippen molar-refractivity contribution < 1.29 is 19.1 Å². The average Bonchev–Trinajstić information content (AvgIpc) is 2.55. The predicted octanol–water partition coefficient (Wildman–Crippen LogP) is 5.36. The average molecular weight is 363 g/mol. The van der Waals surface area contributed by atoms with E-state index in [1.54, 1.807) is 24.3 Å². The Hall–Kier alpha value is -1.84. The van der Waals surface area contributed by atoms with E-state index >= 15 is 0 Å². The summed E-state index contributed by atoms with van der Waals surface area (Å²) in [6.07, 6.45) is -0.325. The van der Waals surface area contributed by atoms with Gasteiger partial charge in [0, 0.05) is 0 Å². The maximum atomic E-state index is 12.5. The largest absolute Gasteiger partial charge is 0.458 e. The Balaban J connectivity index is 2.93. The predicted molar refractivity (Wildman–Crippen MR) is 104 cm³/mol. The van der Waals surface area contributed by atoms with Gasteiger partial charge in [-0.25, -0.2) is 9.59 Å². The fraction of sp³-hybridized carbons (Fsp3) is 0.636. The molecular weight excluding hydrogens is 328 g/mol. The molecule has 4 heteroatoms. The number of hydrogen-bond acceptors (Lipinski definition) is 4. The highest BCUT2D eigenvalue weighted by Gasteiger charge is 2.25. The SMILES string of the molecule is CC(C)C(OC(=O)c1cccc(C(=O)OC(C(C)C)C(C)C)c1)C(C)C. The quantitative estimate of drug-likeness (QED) is 0.584. The van der Waals surface area contributed by atoms with Crippen LogP contribution in [0.5, 0.6) is 0 Å². The van der Waals surface area contributed by atoms with Crippen LogP contribution in [-0.2, 0) is 9.47 Å². The van der Waals surface area contributed by atoms with Crippen LogP contribution in [-0.4, -0.2) is 24.1 Å². The third-order valence-corrected chi connectivity index (χ3v) is 4.45. The summed E-state index contributed by atoms with van der Waals surface area (Å²) in [5, 5.41) is 0. The third kappa shape index (κ3) is 6.15. The summed E-state index contributed by atoms with van der Waals surface area (Å²) in [5.74, 6) is 0.0948. The van der Waals surface area contributed by atoms with Gasteiger partial charge in [0.05, 0.1) is 11.1 Å². The molecule has 0 saturated heterocycles. The van der Waals surface area contributed by atoms with Gasteiger partial charge in [0.2, 0.25) is 0 Å². The van der Waals surface area contributed by atoms with Crippen LogP contribution in [0, 0.1) is 23.7 Å². The highest BCUT2D eigenvalue weighted by molar-refractivity contribution is 5.95. The van der Waals surface area contributed by atoms with Crippen molar-refractivity contribution in [2.24, 2.45) is 23.7 Å². The smallest absolute Gasteiger partial charge is 0.338 e. The monoisotopic (exact) mass is 362 g/mol. The molecule has 0 saturated carbocycles. The molecule has 0 fully saturated rings. The first kappa shape index (κ1) is 22.2. The number of rotatable bonds is 8. The van der Waals surface area contributed by atoms with E-state index in [4.69, 9.17) is 9.47 Å². The molecular formula is C22H34O4. The lowest BCUT2D eigenvalue weighted by molar-refractivity contribution is 0.00283. The zero-order valence-electron chi connectivity index (χ0n) is 17.4. The van der Waals surface area contributed by atoms with Crippen molar-refractivity contribution in [2.75, 3.05) is 0 Å². The van der Waals surface area contributed by atoms with Crippen LogP contribution in [0.25, 0.3) is 0 Å². The highest BCUT2D eigenvalue weighted by Crippen LogP contribution is 2.21. The number of esters is 2. The second-order valence-electron chi connectivity index (χ2n) is 8.30. The van der Waals surface area contributed by atoms with Gasteiger partial charge in [-0.1, -0.05) is 61.5 Å². The molecule has 0 unspecified atom stereocenters. The van der Waals surface area contributed by atoms with Crippen LogP contribution >= 0.6 is 0 Å². The second-order valence-corrected chi connectivity index (χ2v) is 8.30. The molecule has 0 N–H and O–H groups in total. The number of hydrogen-bond donors (Lipinski definition) is 0. The highest BCUT2D eigenvalue weighted by atomic mass is 16.5. The molecule has 0 aliphatic carbocycles. The zero-order valence-corrected chi connectivity index (χ0v) is 17.4. The molecule has 146 valence electrons. The van der Waals surface area contributed by atoms with Crippen LogP contribution in [0.15, 0.2) is 24.3 Å².